The van der Waals surface area contributed by atoms with Crippen molar-refractivity contribution in [3.05, 3.63) is 53.7 Å². The number of morpholine rings is 1. The van der Waals surface area contributed by atoms with Crippen molar-refractivity contribution in [3.8, 4) is 11.3 Å². The number of aromatic nitrogens is 2. The zero-order valence-corrected chi connectivity index (χ0v) is 18.3. The molecule has 1 fully saturated rings. The minimum Gasteiger partial charge on any atom is -0.375 e. The van der Waals surface area contributed by atoms with Gasteiger partial charge in [-0.05, 0) is 25.1 Å². The van der Waals surface area contributed by atoms with Gasteiger partial charge in [0.1, 0.15) is 0 Å². The van der Waals surface area contributed by atoms with Crippen LogP contribution in [0.1, 0.15) is 17.3 Å². The van der Waals surface area contributed by atoms with Gasteiger partial charge in [0.05, 0.1) is 30.5 Å². The van der Waals surface area contributed by atoms with E-state index < -0.39 is 0 Å². The van der Waals surface area contributed by atoms with Gasteiger partial charge in [0.15, 0.2) is 5.13 Å². The number of carbonyl (C=O) groups is 2. The van der Waals surface area contributed by atoms with Crippen LogP contribution in [0, 0.1) is 0 Å². The van der Waals surface area contributed by atoms with Gasteiger partial charge in [-0.1, -0.05) is 12.1 Å². The lowest BCUT2D eigenvalue weighted by atomic mass is 10.1. The molecule has 3 heterocycles. The van der Waals surface area contributed by atoms with Gasteiger partial charge >= 0.3 is 0 Å². The fourth-order valence-corrected chi connectivity index (χ4v) is 4.18. The van der Waals surface area contributed by atoms with E-state index in [9.17, 15) is 9.59 Å². The standard InChI is InChI=1S/C22H25N5O3S/c1-15-12-27(8-9-30-15)18-5-3-4-16(10-18)19-14-31-22(24-19)25-20(28)11-23-21(29)17-6-7-26(2)13-17/h3-7,10,13-15H,8-9,11-12H2,1-2H3,(H,23,29)(H,24,25,28)/t15-/m0/s1. The van der Waals surface area contributed by atoms with Crippen LogP contribution in [0.2, 0.25) is 0 Å². The number of rotatable bonds is 6. The number of nitrogens with zero attached hydrogens (tertiary/aromatic N) is 3. The third-order valence-electron chi connectivity index (χ3n) is 5.00. The molecular weight excluding hydrogens is 414 g/mol. The highest BCUT2D eigenvalue weighted by atomic mass is 32.1. The SMILES string of the molecule is C[C@H]1CN(c2cccc(-c3csc(NC(=O)CNC(=O)c4ccn(C)c4)n3)c2)CCO1. The van der Waals surface area contributed by atoms with Crippen molar-refractivity contribution in [1.82, 2.24) is 14.9 Å². The molecule has 0 radical (unpaired) electrons. The topological polar surface area (TPSA) is 88.5 Å². The second kappa shape index (κ2) is 9.32. The summed E-state index contributed by atoms with van der Waals surface area (Å²) in [4.78, 5) is 31.1. The number of thiazole rings is 1. The number of benzene rings is 1. The molecule has 0 aliphatic carbocycles. The molecule has 0 saturated carbocycles. The number of anilines is 2. The summed E-state index contributed by atoms with van der Waals surface area (Å²) >= 11 is 1.36. The van der Waals surface area contributed by atoms with Crippen LogP contribution in [-0.4, -0.2) is 53.7 Å². The quantitative estimate of drug-likeness (QED) is 0.617. The molecule has 3 aromatic rings. The summed E-state index contributed by atoms with van der Waals surface area (Å²) in [5.41, 5.74) is 3.44. The van der Waals surface area contributed by atoms with Gasteiger partial charge in [-0.2, -0.15) is 0 Å². The first-order chi connectivity index (χ1) is 15.0. The predicted molar refractivity (Wildman–Crippen MR) is 122 cm³/mol. The average molecular weight is 440 g/mol. The zero-order chi connectivity index (χ0) is 21.8. The van der Waals surface area contributed by atoms with Crippen LogP contribution >= 0.6 is 11.3 Å². The van der Waals surface area contributed by atoms with Crippen LogP contribution in [0.3, 0.4) is 0 Å². The van der Waals surface area contributed by atoms with Crippen molar-refractivity contribution in [2.45, 2.75) is 13.0 Å². The zero-order valence-electron chi connectivity index (χ0n) is 17.5. The molecule has 9 heteroatoms. The maximum absolute atomic E-state index is 12.2. The molecule has 2 amide bonds. The number of amides is 2. The average Bonchev–Trinajstić information content (AvgIpc) is 3.41. The second-order valence-electron chi connectivity index (χ2n) is 7.51. The molecular formula is C22H25N5O3S. The number of nitrogens with one attached hydrogen (secondary N) is 2. The van der Waals surface area contributed by atoms with Gasteiger partial charge in [-0.25, -0.2) is 4.98 Å². The normalized spacial score (nSPS) is 16.2. The summed E-state index contributed by atoms with van der Waals surface area (Å²) in [5.74, 6) is -0.605. The molecule has 162 valence electrons. The van der Waals surface area contributed by atoms with Crippen LogP contribution in [0.15, 0.2) is 48.1 Å². The molecule has 1 aliphatic heterocycles. The predicted octanol–water partition coefficient (Wildman–Crippen LogP) is 2.74. The number of carbonyl (C=O) groups excluding carboxylic acids is 2. The summed E-state index contributed by atoms with van der Waals surface area (Å²) in [6, 6.07) is 9.92. The Balaban J connectivity index is 1.35. The third kappa shape index (κ3) is 5.31. The van der Waals surface area contributed by atoms with E-state index in [1.54, 1.807) is 23.0 Å². The van der Waals surface area contributed by atoms with Crippen LogP contribution in [0.4, 0.5) is 10.8 Å². The number of hydrogen-bond acceptors (Lipinski definition) is 6. The fourth-order valence-electron chi connectivity index (χ4n) is 3.44. The first-order valence-electron chi connectivity index (χ1n) is 10.1. The number of aryl methyl sites for hydroxylation is 1. The lowest BCUT2D eigenvalue weighted by Crippen LogP contribution is -2.41. The van der Waals surface area contributed by atoms with E-state index in [0.717, 1.165) is 36.6 Å². The van der Waals surface area contributed by atoms with Crippen molar-refractivity contribution < 1.29 is 14.3 Å². The summed E-state index contributed by atoms with van der Waals surface area (Å²) < 4.78 is 7.40. The van der Waals surface area contributed by atoms with Gasteiger partial charge in [-0.3, -0.25) is 9.59 Å². The number of ether oxygens (including phenoxy) is 1. The Bertz CT molecular complexity index is 1080. The van der Waals surface area contributed by atoms with Crippen molar-refractivity contribution in [1.29, 1.82) is 0 Å². The minimum atomic E-state index is -0.318. The summed E-state index contributed by atoms with van der Waals surface area (Å²) in [5, 5.41) is 7.78. The Hall–Kier alpha value is -3.17. The monoisotopic (exact) mass is 439 g/mol. The Labute approximate surface area is 184 Å². The summed E-state index contributed by atoms with van der Waals surface area (Å²) in [6.45, 7) is 4.40. The van der Waals surface area contributed by atoms with Crippen LogP contribution in [-0.2, 0) is 16.6 Å². The van der Waals surface area contributed by atoms with Crippen molar-refractivity contribution in [3.63, 3.8) is 0 Å². The van der Waals surface area contributed by atoms with Crippen LogP contribution in [0.5, 0.6) is 0 Å². The molecule has 31 heavy (non-hydrogen) atoms. The van der Waals surface area contributed by atoms with Crippen molar-refractivity contribution in [2.24, 2.45) is 7.05 Å². The highest BCUT2D eigenvalue weighted by Gasteiger charge is 2.18. The lowest BCUT2D eigenvalue weighted by Gasteiger charge is -2.33. The highest BCUT2D eigenvalue weighted by molar-refractivity contribution is 7.14. The van der Waals surface area contributed by atoms with Crippen LogP contribution in [0.25, 0.3) is 11.3 Å². The van der Waals surface area contributed by atoms with E-state index in [1.165, 1.54) is 11.3 Å². The van der Waals surface area contributed by atoms with Gasteiger partial charge in [0.25, 0.3) is 5.91 Å². The smallest absolute Gasteiger partial charge is 0.253 e. The van der Waals surface area contributed by atoms with E-state index in [2.05, 4.69) is 39.6 Å². The molecule has 4 rings (SSSR count). The van der Waals surface area contributed by atoms with Crippen molar-refractivity contribution in [2.75, 3.05) is 36.5 Å². The molecule has 1 atom stereocenters. The van der Waals surface area contributed by atoms with E-state index in [0.29, 0.717) is 10.7 Å². The highest BCUT2D eigenvalue weighted by Crippen LogP contribution is 2.28. The van der Waals surface area contributed by atoms with Gasteiger partial charge in [0, 0.05) is 49.2 Å². The molecule has 1 saturated heterocycles. The Morgan fingerprint density at radius 2 is 2.19 bits per heavy atom. The molecule has 1 aliphatic rings. The minimum absolute atomic E-state index is 0.118. The van der Waals surface area contributed by atoms with E-state index in [4.69, 9.17) is 4.74 Å². The van der Waals surface area contributed by atoms with E-state index in [1.807, 2.05) is 24.6 Å². The molecule has 0 bridgehead atoms. The maximum atomic E-state index is 12.2. The fraction of sp³-hybridized carbons (Fsp3) is 0.318. The summed E-state index contributed by atoms with van der Waals surface area (Å²) in [6.07, 6.45) is 3.69. The van der Waals surface area contributed by atoms with E-state index >= 15 is 0 Å². The van der Waals surface area contributed by atoms with E-state index in [-0.39, 0.29) is 24.5 Å². The largest absolute Gasteiger partial charge is 0.375 e. The Kier molecular flexibility index (Phi) is 6.34. The first-order valence-corrected chi connectivity index (χ1v) is 11.0. The van der Waals surface area contributed by atoms with Crippen molar-refractivity contribution >= 4 is 34.0 Å². The van der Waals surface area contributed by atoms with Gasteiger partial charge in [0.2, 0.25) is 5.91 Å². The molecule has 2 aromatic heterocycles. The Morgan fingerprint density at radius 1 is 1.32 bits per heavy atom. The molecule has 8 nitrogen and oxygen atoms in total. The Morgan fingerprint density at radius 3 is 2.97 bits per heavy atom. The van der Waals surface area contributed by atoms with Gasteiger partial charge in [-0.15, -0.1) is 11.3 Å². The van der Waals surface area contributed by atoms with Gasteiger partial charge < -0.3 is 24.8 Å². The maximum Gasteiger partial charge on any atom is 0.253 e. The molecule has 0 spiro atoms. The lowest BCUT2D eigenvalue weighted by molar-refractivity contribution is -0.115. The first kappa shape index (κ1) is 21.1. The second-order valence-corrected chi connectivity index (χ2v) is 8.37. The third-order valence-corrected chi connectivity index (χ3v) is 5.76. The molecule has 2 N–H and O–H groups in total. The number of hydrogen-bond donors (Lipinski definition) is 2. The summed E-state index contributed by atoms with van der Waals surface area (Å²) in [7, 11) is 1.83. The van der Waals surface area contributed by atoms with Crippen LogP contribution < -0.4 is 15.5 Å². The molecule has 0 unspecified atom stereocenters. The molecule has 1 aromatic carbocycles.